The lowest BCUT2D eigenvalue weighted by molar-refractivity contribution is 0.165. The lowest BCUT2D eigenvalue weighted by Crippen LogP contribution is -2.20. The molecule has 0 fully saturated rings. The van der Waals surface area contributed by atoms with Crippen molar-refractivity contribution in [1.29, 1.82) is 0 Å². The molecule has 2 rings (SSSR count). The molecule has 2 nitrogen and oxygen atoms in total. The number of methoxy groups -OCH3 is 1. The summed E-state index contributed by atoms with van der Waals surface area (Å²) in [5.74, 6) is 0.865. The SMILES string of the molecule is COc1ccc2c(c1)CC[C@H](Br)[C@@H]2O. The van der Waals surface area contributed by atoms with Crippen LogP contribution in [0.4, 0.5) is 0 Å². The maximum atomic E-state index is 9.91. The summed E-state index contributed by atoms with van der Waals surface area (Å²) in [4.78, 5) is 0.184. The number of hydrogen-bond acceptors (Lipinski definition) is 2. The van der Waals surface area contributed by atoms with Gasteiger partial charge in [-0.05, 0) is 36.1 Å². The minimum absolute atomic E-state index is 0.184. The maximum absolute atomic E-state index is 9.91. The first-order valence-electron chi connectivity index (χ1n) is 4.71. The van der Waals surface area contributed by atoms with Gasteiger partial charge in [-0.15, -0.1) is 0 Å². The summed E-state index contributed by atoms with van der Waals surface area (Å²) in [6, 6.07) is 5.86. The van der Waals surface area contributed by atoms with Gasteiger partial charge in [0.2, 0.25) is 0 Å². The van der Waals surface area contributed by atoms with Crippen molar-refractivity contribution in [3.63, 3.8) is 0 Å². The molecule has 2 atom stereocenters. The Kier molecular flexibility index (Phi) is 2.79. The Morgan fingerprint density at radius 2 is 2.29 bits per heavy atom. The Hall–Kier alpha value is -0.540. The van der Waals surface area contributed by atoms with Crippen LogP contribution in [0, 0.1) is 0 Å². The van der Waals surface area contributed by atoms with Crippen LogP contribution in [0.15, 0.2) is 18.2 Å². The summed E-state index contributed by atoms with van der Waals surface area (Å²) in [5.41, 5.74) is 2.23. The third-order valence-electron chi connectivity index (χ3n) is 2.70. The summed E-state index contributed by atoms with van der Waals surface area (Å²) in [6.07, 6.45) is 1.59. The molecule has 0 saturated heterocycles. The standard InChI is InChI=1S/C11H13BrO2/c1-14-8-3-4-9-7(6-8)2-5-10(12)11(9)13/h3-4,6,10-11,13H,2,5H2,1H3/t10-,11+/m0/s1. The number of aryl methyl sites for hydroxylation is 1. The number of fused-ring (bicyclic) bond motifs is 1. The van der Waals surface area contributed by atoms with Crippen LogP contribution in [0.25, 0.3) is 0 Å². The van der Waals surface area contributed by atoms with Gasteiger partial charge in [0.25, 0.3) is 0 Å². The van der Waals surface area contributed by atoms with E-state index in [1.165, 1.54) is 5.56 Å². The van der Waals surface area contributed by atoms with Gasteiger partial charge in [0.15, 0.2) is 0 Å². The molecular weight excluding hydrogens is 244 g/mol. The molecule has 1 N–H and O–H groups in total. The van der Waals surface area contributed by atoms with Crippen LogP contribution in [0.2, 0.25) is 0 Å². The summed E-state index contributed by atoms with van der Waals surface area (Å²) in [7, 11) is 1.66. The molecule has 1 aromatic rings. The molecule has 1 aromatic carbocycles. The van der Waals surface area contributed by atoms with E-state index in [1.807, 2.05) is 18.2 Å². The normalized spacial score (nSPS) is 25.6. The van der Waals surface area contributed by atoms with Crippen molar-refractivity contribution in [1.82, 2.24) is 0 Å². The number of alkyl halides is 1. The maximum Gasteiger partial charge on any atom is 0.119 e. The van der Waals surface area contributed by atoms with Crippen molar-refractivity contribution in [2.24, 2.45) is 0 Å². The van der Waals surface area contributed by atoms with E-state index in [9.17, 15) is 5.11 Å². The molecular formula is C11H13BrO2. The fourth-order valence-corrected chi connectivity index (χ4v) is 2.37. The first kappa shape index (κ1) is 9.99. The molecule has 76 valence electrons. The summed E-state index contributed by atoms with van der Waals surface area (Å²) < 4.78 is 5.15. The van der Waals surface area contributed by atoms with Gasteiger partial charge in [-0.2, -0.15) is 0 Å². The highest BCUT2D eigenvalue weighted by molar-refractivity contribution is 9.09. The second-order valence-electron chi connectivity index (χ2n) is 3.56. The van der Waals surface area contributed by atoms with E-state index in [1.54, 1.807) is 7.11 Å². The lowest BCUT2D eigenvalue weighted by Gasteiger charge is -2.26. The molecule has 1 aliphatic rings. The zero-order valence-corrected chi connectivity index (χ0v) is 9.62. The molecule has 0 bridgehead atoms. The second kappa shape index (κ2) is 3.91. The number of aliphatic hydroxyl groups is 1. The largest absolute Gasteiger partial charge is 0.497 e. The van der Waals surface area contributed by atoms with Crippen molar-refractivity contribution in [3.05, 3.63) is 29.3 Å². The Morgan fingerprint density at radius 1 is 1.50 bits per heavy atom. The van der Waals surface area contributed by atoms with E-state index in [2.05, 4.69) is 15.9 Å². The molecule has 0 unspecified atom stereocenters. The molecule has 0 aliphatic heterocycles. The van der Waals surface area contributed by atoms with Crippen LogP contribution in [-0.2, 0) is 6.42 Å². The molecule has 14 heavy (non-hydrogen) atoms. The molecule has 3 heteroatoms. The minimum Gasteiger partial charge on any atom is -0.497 e. The molecule has 0 amide bonds. The quantitative estimate of drug-likeness (QED) is 0.783. The van der Waals surface area contributed by atoms with E-state index < -0.39 is 0 Å². The van der Waals surface area contributed by atoms with Crippen LogP contribution >= 0.6 is 15.9 Å². The topological polar surface area (TPSA) is 29.5 Å². The monoisotopic (exact) mass is 256 g/mol. The van der Waals surface area contributed by atoms with Gasteiger partial charge < -0.3 is 9.84 Å². The first-order chi connectivity index (χ1) is 6.72. The average molecular weight is 257 g/mol. The lowest BCUT2D eigenvalue weighted by atomic mass is 9.89. The number of benzene rings is 1. The number of hydrogen-bond donors (Lipinski definition) is 1. The molecule has 0 aromatic heterocycles. The molecule has 0 radical (unpaired) electrons. The fraction of sp³-hybridized carbons (Fsp3) is 0.455. The summed E-state index contributed by atoms with van der Waals surface area (Å²) in [6.45, 7) is 0. The number of aliphatic hydroxyl groups excluding tert-OH is 1. The van der Waals surface area contributed by atoms with Crippen molar-refractivity contribution in [2.45, 2.75) is 23.8 Å². The van der Waals surface area contributed by atoms with E-state index in [4.69, 9.17) is 4.74 Å². The smallest absolute Gasteiger partial charge is 0.119 e. The molecule has 0 heterocycles. The molecule has 0 spiro atoms. The van der Waals surface area contributed by atoms with Crippen LogP contribution in [-0.4, -0.2) is 17.0 Å². The van der Waals surface area contributed by atoms with Gasteiger partial charge in [-0.25, -0.2) is 0 Å². The molecule has 0 saturated carbocycles. The van der Waals surface area contributed by atoms with Crippen molar-refractivity contribution in [3.8, 4) is 5.75 Å². The average Bonchev–Trinajstić information content (AvgIpc) is 2.23. The Labute approximate surface area is 92.0 Å². The van der Waals surface area contributed by atoms with Gasteiger partial charge in [-0.1, -0.05) is 22.0 Å². The second-order valence-corrected chi connectivity index (χ2v) is 4.74. The van der Waals surface area contributed by atoms with Crippen LogP contribution in [0.1, 0.15) is 23.7 Å². The van der Waals surface area contributed by atoms with Gasteiger partial charge in [0, 0.05) is 4.83 Å². The zero-order chi connectivity index (χ0) is 10.1. The minimum atomic E-state index is -0.385. The van der Waals surface area contributed by atoms with E-state index in [-0.39, 0.29) is 10.9 Å². The third kappa shape index (κ3) is 1.66. The third-order valence-corrected chi connectivity index (χ3v) is 3.66. The Balaban J connectivity index is 2.38. The van der Waals surface area contributed by atoms with Crippen LogP contribution in [0.5, 0.6) is 5.75 Å². The number of rotatable bonds is 1. The predicted octanol–water partition coefficient (Wildman–Crippen LogP) is 2.44. The van der Waals surface area contributed by atoms with Crippen molar-refractivity contribution in [2.75, 3.05) is 7.11 Å². The first-order valence-corrected chi connectivity index (χ1v) is 5.63. The summed E-state index contributed by atoms with van der Waals surface area (Å²) in [5, 5.41) is 9.91. The highest BCUT2D eigenvalue weighted by Crippen LogP contribution is 2.35. The van der Waals surface area contributed by atoms with E-state index in [0.717, 1.165) is 24.2 Å². The highest BCUT2D eigenvalue weighted by Gasteiger charge is 2.25. The number of halogens is 1. The van der Waals surface area contributed by atoms with Gasteiger partial charge in [0.1, 0.15) is 5.75 Å². The van der Waals surface area contributed by atoms with Gasteiger partial charge in [0.05, 0.1) is 13.2 Å². The van der Waals surface area contributed by atoms with Gasteiger partial charge in [-0.3, -0.25) is 0 Å². The van der Waals surface area contributed by atoms with E-state index in [0.29, 0.717) is 0 Å². The summed E-state index contributed by atoms with van der Waals surface area (Å²) >= 11 is 3.48. The predicted molar refractivity (Wildman–Crippen MR) is 59.0 cm³/mol. The Bertz CT molecular complexity index is 338. The van der Waals surface area contributed by atoms with Crippen molar-refractivity contribution >= 4 is 15.9 Å². The van der Waals surface area contributed by atoms with Crippen molar-refractivity contribution < 1.29 is 9.84 Å². The Morgan fingerprint density at radius 3 is 3.00 bits per heavy atom. The van der Waals surface area contributed by atoms with Crippen LogP contribution < -0.4 is 4.74 Å². The number of ether oxygens (including phenoxy) is 1. The fourth-order valence-electron chi connectivity index (χ4n) is 1.86. The van der Waals surface area contributed by atoms with E-state index >= 15 is 0 Å². The van der Waals surface area contributed by atoms with Gasteiger partial charge >= 0.3 is 0 Å². The zero-order valence-electron chi connectivity index (χ0n) is 8.03. The van der Waals surface area contributed by atoms with Crippen LogP contribution in [0.3, 0.4) is 0 Å². The molecule has 1 aliphatic carbocycles. The highest BCUT2D eigenvalue weighted by atomic mass is 79.9.